The van der Waals surface area contributed by atoms with Crippen LogP contribution in [0.15, 0.2) is 34.9 Å². The molecule has 0 saturated heterocycles. The molecule has 2 N–H and O–H groups in total. The van der Waals surface area contributed by atoms with Gasteiger partial charge in [-0.2, -0.15) is 0 Å². The molecular formula is C11H10O4. The lowest BCUT2D eigenvalue weighted by atomic mass is 10.1. The monoisotopic (exact) mass is 206 g/mol. The van der Waals surface area contributed by atoms with E-state index >= 15 is 0 Å². The van der Waals surface area contributed by atoms with Gasteiger partial charge in [0.05, 0.1) is 6.26 Å². The lowest BCUT2D eigenvalue weighted by Gasteiger charge is -2.05. The maximum Gasteiger partial charge on any atom is 0.332 e. The lowest BCUT2D eigenvalue weighted by Crippen LogP contribution is -2.21. The number of rotatable bonds is 3. The van der Waals surface area contributed by atoms with E-state index in [-0.39, 0.29) is 6.42 Å². The molecular weight excluding hydrogens is 196 g/mol. The molecule has 0 fully saturated rings. The first-order valence-electron chi connectivity index (χ1n) is 4.54. The van der Waals surface area contributed by atoms with Crippen molar-refractivity contribution in [1.82, 2.24) is 0 Å². The predicted octanol–water partition coefficient (Wildman–Crippen LogP) is 1.42. The summed E-state index contributed by atoms with van der Waals surface area (Å²) in [7, 11) is 0. The molecule has 0 aliphatic carbocycles. The number of hydrogen-bond acceptors (Lipinski definition) is 3. The Morgan fingerprint density at radius 3 is 2.93 bits per heavy atom. The molecule has 15 heavy (non-hydrogen) atoms. The van der Waals surface area contributed by atoms with Crippen LogP contribution in [0, 0.1) is 0 Å². The van der Waals surface area contributed by atoms with Crippen LogP contribution in [0.1, 0.15) is 5.56 Å². The molecule has 0 aliphatic rings. The van der Waals surface area contributed by atoms with E-state index in [1.807, 2.05) is 12.1 Å². The van der Waals surface area contributed by atoms with Crippen LogP contribution in [-0.2, 0) is 11.2 Å². The first-order chi connectivity index (χ1) is 7.18. The Balaban J connectivity index is 2.35. The number of furan rings is 1. The van der Waals surface area contributed by atoms with E-state index in [2.05, 4.69) is 0 Å². The van der Waals surface area contributed by atoms with E-state index in [1.54, 1.807) is 18.4 Å². The summed E-state index contributed by atoms with van der Waals surface area (Å²) < 4.78 is 5.23. The molecule has 4 heteroatoms. The summed E-state index contributed by atoms with van der Waals surface area (Å²) in [5, 5.41) is 18.7. The number of aliphatic hydroxyl groups excluding tert-OH is 1. The van der Waals surface area contributed by atoms with Gasteiger partial charge < -0.3 is 14.6 Å². The highest BCUT2D eigenvalue weighted by atomic mass is 16.4. The van der Waals surface area contributed by atoms with E-state index in [4.69, 9.17) is 9.52 Å². The second kappa shape index (κ2) is 3.74. The van der Waals surface area contributed by atoms with Gasteiger partial charge in [-0.1, -0.05) is 18.2 Å². The molecule has 1 heterocycles. The summed E-state index contributed by atoms with van der Waals surface area (Å²) in [6.45, 7) is 0. The minimum Gasteiger partial charge on any atom is -0.479 e. The Labute approximate surface area is 85.8 Å². The number of hydrogen-bond donors (Lipinski definition) is 2. The van der Waals surface area contributed by atoms with Gasteiger partial charge in [-0.15, -0.1) is 0 Å². The topological polar surface area (TPSA) is 70.7 Å². The molecule has 1 aromatic heterocycles. The Bertz CT molecular complexity index is 486. The zero-order chi connectivity index (χ0) is 10.8. The van der Waals surface area contributed by atoms with Gasteiger partial charge in [0.1, 0.15) is 5.58 Å². The average Bonchev–Trinajstić information content (AvgIpc) is 2.66. The van der Waals surface area contributed by atoms with Crippen molar-refractivity contribution in [3.63, 3.8) is 0 Å². The third kappa shape index (κ3) is 1.85. The third-order valence-corrected chi connectivity index (χ3v) is 2.26. The van der Waals surface area contributed by atoms with Crippen molar-refractivity contribution in [2.75, 3.05) is 0 Å². The second-order valence-corrected chi connectivity index (χ2v) is 3.31. The maximum atomic E-state index is 10.5. The van der Waals surface area contributed by atoms with Crippen molar-refractivity contribution in [1.29, 1.82) is 0 Å². The smallest absolute Gasteiger partial charge is 0.332 e. The molecule has 2 aromatic rings. The highest BCUT2D eigenvalue weighted by molar-refractivity contribution is 5.81. The van der Waals surface area contributed by atoms with Crippen LogP contribution < -0.4 is 0 Å². The van der Waals surface area contributed by atoms with Crippen LogP contribution in [0.3, 0.4) is 0 Å². The summed E-state index contributed by atoms with van der Waals surface area (Å²) in [5.41, 5.74) is 1.34. The molecule has 0 spiro atoms. The van der Waals surface area contributed by atoms with Crippen LogP contribution in [0.2, 0.25) is 0 Å². The quantitative estimate of drug-likeness (QED) is 0.796. The molecule has 0 bridgehead atoms. The summed E-state index contributed by atoms with van der Waals surface area (Å²) in [6.07, 6.45) is 0.210. The van der Waals surface area contributed by atoms with Crippen molar-refractivity contribution in [3.8, 4) is 0 Å². The van der Waals surface area contributed by atoms with E-state index < -0.39 is 12.1 Å². The molecule has 4 nitrogen and oxygen atoms in total. The number of carboxylic acids is 1. The van der Waals surface area contributed by atoms with Crippen molar-refractivity contribution in [2.45, 2.75) is 12.5 Å². The van der Waals surface area contributed by atoms with E-state index in [0.717, 1.165) is 5.39 Å². The third-order valence-electron chi connectivity index (χ3n) is 2.26. The number of benzene rings is 1. The van der Waals surface area contributed by atoms with E-state index in [1.165, 1.54) is 0 Å². The second-order valence-electron chi connectivity index (χ2n) is 3.31. The summed E-state index contributed by atoms with van der Waals surface area (Å²) in [4.78, 5) is 10.5. The molecule has 0 aliphatic heterocycles. The fourth-order valence-corrected chi connectivity index (χ4v) is 1.51. The SMILES string of the molecule is O=C(O)C(O)Cc1cccc2ccoc12. The first-order valence-corrected chi connectivity index (χ1v) is 4.54. The maximum absolute atomic E-state index is 10.5. The normalized spacial score (nSPS) is 12.9. The number of aliphatic hydroxyl groups is 1. The molecule has 0 saturated carbocycles. The zero-order valence-electron chi connectivity index (χ0n) is 7.88. The molecule has 0 amide bonds. The number of carboxylic acid groups (broad SMARTS) is 1. The minimum absolute atomic E-state index is 0.0557. The Kier molecular flexibility index (Phi) is 2.43. The first kappa shape index (κ1) is 9.73. The lowest BCUT2D eigenvalue weighted by molar-refractivity contribution is -0.146. The van der Waals surface area contributed by atoms with E-state index in [9.17, 15) is 9.90 Å². The van der Waals surface area contributed by atoms with Crippen LogP contribution in [-0.4, -0.2) is 22.3 Å². The Hall–Kier alpha value is -1.81. The average molecular weight is 206 g/mol. The Morgan fingerprint density at radius 1 is 1.40 bits per heavy atom. The highest BCUT2D eigenvalue weighted by Gasteiger charge is 2.16. The molecule has 2 rings (SSSR count). The molecule has 1 unspecified atom stereocenters. The van der Waals surface area contributed by atoms with Gasteiger partial charge in [0, 0.05) is 11.8 Å². The summed E-state index contributed by atoms with van der Waals surface area (Å²) >= 11 is 0. The molecule has 0 radical (unpaired) electrons. The largest absolute Gasteiger partial charge is 0.479 e. The van der Waals surface area contributed by atoms with Crippen molar-refractivity contribution in [2.24, 2.45) is 0 Å². The van der Waals surface area contributed by atoms with Crippen molar-refractivity contribution >= 4 is 16.9 Å². The van der Waals surface area contributed by atoms with Crippen LogP contribution in [0.25, 0.3) is 11.0 Å². The van der Waals surface area contributed by atoms with Crippen LogP contribution >= 0.6 is 0 Å². The van der Waals surface area contributed by atoms with Crippen LogP contribution in [0.5, 0.6) is 0 Å². The van der Waals surface area contributed by atoms with Gasteiger partial charge in [0.15, 0.2) is 6.10 Å². The number of carbonyl (C=O) groups is 1. The van der Waals surface area contributed by atoms with Gasteiger partial charge in [0.2, 0.25) is 0 Å². The van der Waals surface area contributed by atoms with Crippen molar-refractivity contribution < 1.29 is 19.4 Å². The van der Waals surface area contributed by atoms with Gasteiger partial charge in [-0.25, -0.2) is 4.79 Å². The molecule has 78 valence electrons. The summed E-state index contributed by atoms with van der Waals surface area (Å²) in [6, 6.07) is 7.22. The standard InChI is InChI=1S/C11H10O4/c12-9(11(13)14)6-8-3-1-2-7-4-5-15-10(7)8/h1-5,9,12H,6H2,(H,13,14). The minimum atomic E-state index is -1.39. The number of para-hydroxylation sites is 1. The van der Waals surface area contributed by atoms with Crippen LogP contribution in [0.4, 0.5) is 0 Å². The summed E-state index contributed by atoms with van der Waals surface area (Å²) in [5.74, 6) is -1.22. The highest BCUT2D eigenvalue weighted by Crippen LogP contribution is 2.20. The van der Waals surface area contributed by atoms with Gasteiger partial charge >= 0.3 is 5.97 Å². The van der Waals surface area contributed by atoms with Gasteiger partial charge in [-0.05, 0) is 11.6 Å². The van der Waals surface area contributed by atoms with Crippen molar-refractivity contribution in [3.05, 3.63) is 36.1 Å². The van der Waals surface area contributed by atoms with Gasteiger partial charge in [0.25, 0.3) is 0 Å². The number of fused-ring (bicyclic) bond motifs is 1. The molecule has 1 atom stereocenters. The van der Waals surface area contributed by atoms with Gasteiger partial charge in [-0.3, -0.25) is 0 Å². The van der Waals surface area contributed by atoms with E-state index in [0.29, 0.717) is 11.1 Å². The number of aliphatic carboxylic acids is 1. The fraction of sp³-hybridized carbons (Fsp3) is 0.182. The predicted molar refractivity (Wildman–Crippen MR) is 53.6 cm³/mol. The Morgan fingerprint density at radius 2 is 2.20 bits per heavy atom. The fourth-order valence-electron chi connectivity index (χ4n) is 1.51. The zero-order valence-corrected chi connectivity index (χ0v) is 7.88. The molecule has 1 aromatic carbocycles.